The minimum Gasteiger partial charge on any atom is -0.373 e. The normalized spacial score (nSPS) is 22.5. The first kappa shape index (κ1) is 23.7. The van der Waals surface area contributed by atoms with Gasteiger partial charge >= 0.3 is 0 Å². The minimum absolute atomic E-state index is 0. The first-order chi connectivity index (χ1) is 13.2. The van der Waals surface area contributed by atoms with Crippen molar-refractivity contribution >= 4 is 41.7 Å². The Morgan fingerprint density at radius 2 is 2.21 bits per heavy atom. The SMILES string of the molecule is CCNC(=NCc1ccc(F)cc1CSC)NCC1CN2CCCC2CO1.I. The maximum absolute atomic E-state index is 13.5. The van der Waals surface area contributed by atoms with Crippen molar-refractivity contribution in [1.82, 2.24) is 15.5 Å². The Labute approximate surface area is 189 Å². The Hall–Kier alpha value is -0.580. The van der Waals surface area contributed by atoms with Gasteiger partial charge in [0.05, 0.1) is 19.3 Å². The Morgan fingerprint density at radius 1 is 1.36 bits per heavy atom. The molecule has 2 fully saturated rings. The molecule has 0 aromatic heterocycles. The van der Waals surface area contributed by atoms with E-state index in [1.165, 1.54) is 25.5 Å². The molecule has 8 heteroatoms. The number of hydrogen-bond donors (Lipinski definition) is 2. The highest BCUT2D eigenvalue weighted by Gasteiger charge is 2.32. The number of hydrogen-bond acceptors (Lipinski definition) is 4. The molecule has 2 unspecified atom stereocenters. The summed E-state index contributed by atoms with van der Waals surface area (Å²) in [6.07, 6.45) is 4.77. The summed E-state index contributed by atoms with van der Waals surface area (Å²) in [5.74, 6) is 1.38. The van der Waals surface area contributed by atoms with Crippen LogP contribution in [0.5, 0.6) is 0 Å². The molecule has 0 spiro atoms. The van der Waals surface area contributed by atoms with Gasteiger partial charge in [-0.1, -0.05) is 6.07 Å². The van der Waals surface area contributed by atoms with Gasteiger partial charge in [0.2, 0.25) is 0 Å². The number of morpholine rings is 1. The quantitative estimate of drug-likeness (QED) is 0.327. The van der Waals surface area contributed by atoms with E-state index in [1.807, 2.05) is 12.3 Å². The zero-order valence-electron chi connectivity index (χ0n) is 16.7. The van der Waals surface area contributed by atoms with Crippen molar-refractivity contribution in [2.45, 2.75) is 44.2 Å². The van der Waals surface area contributed by atoms with Crippen LogP contribution in [0.4, 0.5) is 4.39 Å². The van der Waals surface area contributed by atoms with E-state index >= 15 is 0 Å². The molecule has 2 heterocycles. The highest BCUT2D eigenvalue weighted by atomic mass is 127. The molecule has 2 aliphatic rings. The number of halogens is 2. The Bertz CT molecular complexity index is 649. The fraction of sp³-hybridized carbons (Fsp3) is 0.650. The third-order valence-corrected chi connectivity index (χ3v) is 5.78. The molecule has 3 rings (SSSR count). The van der Waals surface area contributed by atoms with Crippen LogP contribution in [0, 0.1) is 5.82 Å². The first-order valence-corrected chi connectivity index (χ1v) is 11.2. The number of guanidine groups is 1. The third kappa shape index (κ3) is 6.74. The van der Waals surface area contributed by atoms with Gasteiger partial charge in [-0.25, -0.2) is 9.38 Å². The summed E-state index contributed by atoms with van der Waals surface area (Å²) in [6.45, 7) is 7.16. The minimum atomic E-state index is -0.188. The van der Waals surface area contributed by atoms with Crippen molar-refractivity contribution < 1.29 is 9.13 Å². The van der Waals surface area contributed by atoms with Gasteiger partial charge in [-0.2, -0.15) is 11.8 Å². The van der Waals surface area contributed by atoms with Gasteiger partial charge in [-0.05, 0) is 55.8 Å². The highest BCUT2D eigenvalue weighted by molar-refractivity contribution is 14.0. The molecule has 2 saturated heterocycles. The predicted molar refractivity (Wildman–Crippen MR) is 126 cm³/mol. The average molecular weight is 522 g/mol. The van der Waals surface area contributed by atoms with Crippen LogP contribution in [0.3, 0.4) is 0 Å². The summed E-state index contributed by atoms with van der Waals surface area (Å²) >= 11 is 1.69. The van der Waals surface area contributed by atoms with Crippen LogP contribution in [0.1, 0.15) is 30.9 Å². The van der Waals surface area contributed by atoms with Gasteiger partial charge in [0, 0.05) is 31.4 Å². The molecule has 158 valence electrons. The van der Waals surface area contributed by atoms with E-state index in [-0.39, 0.29) is 35.9 Å². The molecule has 5 nitrogen and oxygen atoms in total. The van der Waals surface area contributed by atoms with Gasteiger partial charge < -0.3 is 15.4 Å². The molecule has 1 aromatic rings. The molecule has 1 aromatic carbocycles. The monoisotopic (exact) mass is 522 g/mol. The van der Waals surface area contributed by atoms with Gasteiger partial charge in [0.15, 0.2) is 5.96 Å². The Morgan fingerprint density at radius 3 is 3.00 bits per heavy atom. The van der Waals surface area contributed by atoms with Gasteiger partial charge in [-0.15, -0.1) is 24.0 Å². The lowest BCUT2D eigenvalue weighted by Crippen LogP contribution is -2.51. The van der Waals surface area contributed by atoms with Gasteiger partial charge in [0.1, 0.15) is 5.82 Å². The third-order valence-electron chi connectivity index (χ3n) is 5.18. The van der Waals surface area contributed by atoms with E-state index in [0.717, 1.165) is 49.1 Å². The zero-order valence-corrected chi connectivity index (χ0v) is 19.9. The number of thioether (sulfide) groups is 1. The number of benzene rings is 1. The van der Waals surface area contributed by atoms with E-state index in [2.05, 4.69) is 22.5 Å². The van der Waals surface area contributed by atoms with Crippen LogP contribution in [0.2, 0.25) is 0 Å². The topological polar surface area (TPSA) is 48.9 Å². The number of nitrogens with zero attached hydrogens (tertiary/aromatic N) is 2. The van der Waals surface area contributed by atoms with Crippen LogP contribution in [0.15, 0.2) is 23.2 Å². The standard InChI is InChI=1S/C20H31FN4OS.HI/c1-3-22-20(23-10-15-6-7-17(21)9-16(15)14-27-2)24-11-19-12-25-8-4-5-18(25)13-26-19;/h6-7,9,18-19H,3-5,8,10-14H2,1-2H3,(H2,22,23,24);1H. The summed E-state index contributed by atoms with van der Waals surface area (Å²) in [4.78, 5) is 7.25. The van der Waals surface area contributed by atoms with Crippen LogP contribution < -0.4 is 10.6 Å². The second-order valence-corrected chi connectivity index (χ2v) is 8.03. The fourth-order valence-electron chi connectivity index (χ4n) is 3.76. The summed E-state index contributed by atoms with van der Waals surface area (Å²) < 4.78 is 19.5. The molecule has 0 radical (unpaired) electrons. The van der Waals surface area contributed by atoms with Crippen molar-refractivity contribution in [2.75, 3.05) is 39.0 Å². The number of aliphatic imine (C=N–C) groups is 1. The van der Waals surface area contributed by atoms with Crippen molar-refractivity contribution in [3.8, 4) is 0 Å². The number of rotatable bonds is 7. The highest BCUT2D eigenvalue weighted by Crippen LogP contribution is 2.22. The largest absolute Gasteiger partial charge is 0.373 e. The van der Waals surface area contributed by atoms with E-state index in [0.29, 0.717) is 12.6 Å². The van der Waals surface area contributed by atoms with Gasteiger partial charge in [0.25, 0.3) is 0 Å². The molecule has 0 bridgehead atoms. The Balaban J connectivity index is 0.00000280. The smallest absolute Gasteiger partial charge is 0.191 e. The second kappa shape index (κ2) is 12.2. The molecule has 0 aliphatic carbocycles. The van der Waals surface area contributed by atoms with Crippen LogP contribution in [-0.2, 0) is 17.0 Å². The van der Waals surface area contributed by atoms with Crippen LogP contribution >= 0.6 is 35.7 Å². The van der Waals surface area contributed by atoms with Crippen molar-refractivity contribution in [2.24, 2.45) is 4.99 Å². The second-order valence-electron chi connectivity index (χ2n) is 7.17. The maximum Gasteiger partial charge on any atom is 0.191 e. The van der Waals surface area contributed by atoms with Gasteiger partial charge in [-0.3, -0.25) is 4.90 Å². The zero-order chi connectivity index (χ0) is 19.1. The number of fused-ring (bicyclic) bond motifs is 1. The summed E-state index contributed by atoms with van der Waals surface area (Å²) in [7, 11) is 0. The molecule has 2 aliphatic heterocycles. The molecule has 0 amide bonds. The lowest BCUT2D eigenvalue weighted by atomic mass is 10.1. The summed E-state index contributed by atoms with van der Waals surface area (Å²) in [5.41, 5.74) is 2.08. The van der Waals surface area contributed by atoms with Crippen molar-refractivity contribution in [1.29, 1.82) is 0 Å². The maximum atomic E-state index is 13.5. The lowest BCUT2D eigenvalue weighted by molar-refractivity contribution is -0.0453. The van der Waals surface area contributed by atoms with E-state index < -0.39 is 0 Å². The van der Waals surface area contributed by atoms with Crippen molar-refractivity contribution in [3.63, 3.8) is 0 Å². The molecule has 0 saturated carbocycles. The van der Waals surface area contributed by atoms with E-state index in [1.54, 1.807) is 17.8 Å². The molecular weight excluding hydrogens is 490 g/mol. The van der Waals surface area contributed by atoms with Crippen LogP contribution in [-0.4, -0.2) is 62.0 Å². The molecule has 2 atom stereocenters. The number of ether oxygens (including phenoxy) is 1. The average Bonchev–Trinajstić information content (AvgIpc) is 3.13. The summed E-state index contributed by atoms with van der Waals surface area (Å²) in [5, 5.41) is 6.70. The molecule has 2 N–H and O–H groups in total. The fourth-order valence-corrected chi connectivity index (χ4v) is 4.34. The summed E-state index contributed by atoms with van der Waals surface area (Å²) in [6, 6.07) is 5.59. The van der Waals surface area contributed by atoms with Crippen LogP contribution in [0.25, 0.3) is 0 Å². The predicted octanol–water partition coefficient (Wildman–Crippen LogP) is 3.23. The van der Waals surface area contributed by atoms with E-state index in [9.17, 15) is 4.39 Å². The van der Waals surface area contributed by atoms with Crippen molar-refractivity contribution in [3.05, 3.63) is 35.1 Å². The first-order valence-electron chi connectivity index (χ1n) is 9.83. The Kier molecular flexibility index (Phi) is 10.3. The molecular formula is C20H32FIN4OS. The van der Waals surface area contributed by atoms with E-state index in [4.69, 9.17) is 9.73 Å². The molecule has 28 heavy (non-hydrogen) atoms. The number of nitrogens with one attached hydrogen (secondary N) is 2. The lowest BCUT2D eigenvalue weighted by Gasteiger charge is -2.35.